The lowest BCUT2D eigenvalue weighted by molar-refractivity contribution is -0.0203. The van der Waals surface area contributed by atoms with Gasteiger partial charge >= 0.3 is 0 Å². The molecular formula is C20H24IN3O4. The second-order valence-electron chi connectivity index (χ2n) is 6.22. The Morgan fingerprint density at radius 2 is 1.86 bits per heavy atom. The van der Waals surface area contributed by atoms with Crippen LogP contribution in [0.1, 0.15) is 12.5 Å². The Morgan fingerprint density at radius 1 is 1.07 bits per heavy atom. The van der Waals surface area contributed by atoms with E-state index in [0.717, 1.165) is 20.2 Å². The van der Waals surface area contributed by atoms with E-state index in [1.165, 1.54) is 0 Å². The van der Waals surface area contributed by atoms with E-state index in [9.17, 15) is 0 Å². The summed E-state index contributed by atoms with van der Waals surface area (Å²) in [7, 11) is 0. The van der Waals surface area contributed by atoms with Crippen molar-refractivity contribution in [3.8, 4) is 5.88 Å². The molecule has 150 valence electrons. The molecule has 7 nitrogen and oxygen atoms in total. The van der Waals surface area contributed by atoms with Crippen LogP contribution in [0.2, 0.25) is 0 Å². The van der Waals surface area contributed by atoms with Crippen LogP contribution in [0.25, 0.3) is 10.9 Å². The Balaban J connectivity index is 1.22. The minimum Gasteiger partial charge on any atom is -0.475 e. The van der Waals surface area contributed by atoms with E-state index in [2.05, 4.69) is 37.8 Å². The van der Waals surface area contributed by atoms with Crippen molar-refractivity contribution in [1.82, 2.24) is 15.2 Å². The quantitative estimate of drug-likeness (QED) is 0.305. The molecule has 0 saturated heterocycles. The van der Waals surface area contributed by atoms with Crippen LogP contribution >= 0.6 is 22.6 Å². The minimum atomic E-state index is -0.0566. The third-order valence-electron chi connectivity index (χ3n) is 3.95. The second-order valence-corrected chi connectivity index (χ2v) is 7.30. The van der Waals surface area contributed by atoms with Gasteiger partial charge in [-0.2, -0.15) is 5.10 Å². The maximum absolute atomic E-state index is 5.71. The van der Waals surface area contributed by atoms with E-state index < -0.39 is 0 Å². The average Bonchev–Trinajstić information content (AvgIpc) is 3.09. The van der Waals surface area contributed by atoms with Crippen molar-refractivity contribution >= 4 is 33.5 Å². The summed E-state index contributed by atoms with van der Waals surface area (Å²) in [6.07, 6.45) is 1.64. The molecule has 0 bridgehead atoms. The smallest absolute Gasteiger partial charge is 0.214 e. The summed E-state index contributed by atoms with van der Waals surface area (Å²) in [4.78, 5) is 4.25. The van der Waals surface area contributed by atoms with Crippen molar-refractivity contribution < 1.29 is 18.9 Å². The summed E-state index contributed by atoms with van der Waals surface area (Å²) in [5.74, 6) is 0.564. The summed E-state index contributed by atoms with van der Waals surface area (Å²) in [6, 6.07) is 12.0. The summed E-state index contributed by atoms with van der Waals surface area (Å²) in [5.41, 5.74) is 1.99. The monoisotopic (exact) mass is 497 g/mol. The first-order valence-electron chi connectivity index (χ1n) is 9.16. The number of halogens is 1. The molecule has 0 aliphatic carbocycles. The standard InChI is InChI=1S/C20H24IN3O4/c1-15(13-28-19-11-17-18(12-22-19)23-24-20(17)21)27-10-9-25-7-8-26-14-16-5-3-2-4-6-16/h2-6,11-12,15H,7-10,13-14H2,1H3,(H,23,24)/t15-/m0/s1. The lowest BCUT2D eigenvalue weighted by atomic mass is 10.2. The number of pyridine rings is 1. The molecule has 0 fully saturated rings. The molecule has 2 aromatic heterocycles. The molecule has 0 aliphatic rings. The highest BCUT2D eigenvalue weighted by atomic mass is 127. The van der Waals surface area contributed by atoms with E-state index in [0.29, 0.717) is 45.5 Å². The van der Waals surface area contributed by atoms with Crippen LogP contribution in [-0.4, -0.2) is 54.3 Å². The van der Waals surface area contributed by atoms with E-state index in [4.69, 9.17) is 18.9 Å². The lowest BCUT2D eigenvalue weighted by Crippen LogP contribution is -2.21. The highest BCUT2D eigenvalue weighted by Gasteiger charge is 2.08. The fraction of sp³-hybridized carbons (Fsp3) is 0.400. The molecule has 28 heavy (non-hydrogen) atoms. The molecule has 3 rings (SSSR count). The Hall–Kier alpha value is -1.75. The zero-order valence-corrected chi connectivity index (χ0v) is 17.9. The number of nitrogens with zero attached hydrogens (tertiary/aromatic N) is 2. The first-order valence-corrected chi connectivity index (χ1v) is 10.2. The number of benzene rings is 1. The molecule has 0 amide bonds. The van der Waals surface area contributed by atoms with Crippen LogP contribution in [0.15, 0.2) is 42.6 Å². The fourth-order valence-electron chi connectivity index (χ4n) is 2.49. The lowest BCUT2D eigenvalue weighted by Gasteiger charge is -2.14. The number of nitrogens with one attached hydrogen (secondary N) is 1. The van der Waals surface area contributed by atoms with Gasteiger partial charge in [-0.3, -0.25) is 5.10 Å². The van der Waals surface area contributed by atoms with Crippen LogP contribution < -0.4 is 4.74 Å². The van der Waals surface area contributed by atoms with Gasteiger partial charge in [0.1, 0.15) is 15.8 Å². The van der Waals surface area contributed by atoms with Gasteiger partial charge in [0.2, 0.25) is 5.88 Å². The number of rotatable bonds is 12. The summed E-state index contributed by atoms with van der Waals surface area (Å²) < 4.78 is 23.5. The second kappa shape index (κ2) is 11.3. The Kier molecular flexibility index (Phi) is 8.46. The highest BCUT2D eigenvalue weighted by Crippen LogP contribution is 2.20. The van der Waals surface area contributed by atoms with Gasteiger partial charge in [0.15, 0.2) is 0 Å². The van der Waals surface area contributed by atoms with Crippen LogP contribution in [0.4, 0.5) is 0 Å². The van der Waals surface area contributed by atoms with Crippen molar-refractivity contribution in [3.05, 3.63) is 51.9 Å². The first-order chi connectivity index (χ1) is 13.7. The van der Waals surface area contributed by atoms with Crippen molar-refractivity contribution in [2.75, 3.05) is 33.0 Å². The van der Waals surface area contributed by atoms with Crippen molar-refractivity contribution in [2.45, 2.75) is 19.6 Å². The van der Waals surface area contributed by atoms with E-state index in [1.807, 2.05) is 43.3 Å². The van der Waals surface area contributed by atoms with Crippen LogP contribution in [0, 0.1) is 3.70 Å². The van der Waals surface area contributed by atoms with Gasteiger partial charge in [-0.25, -0.2) is 4.98 Å². The van der Waals surface area contributed by atoms with Crippen LogP contribution in [0.3, 0.4) is 0 Å². The number of aromatic amines is 1. The largest absolute Gasteiger partial charge is 0.475 e. The third-order valence-corrected chi connectivity index (χ3v) is 4.77. The molecular weight excluding hydrogens is 473 g/mol. The fourth-order valence-corrected chi connectivity index (χ4v) is 3.04. The third kappa shape index (κ3) is 6.69. The molecule has 0 radical (unpaired) electrons. The maximum atomic E-state index is 5.71. The predicted molar refractivity (Wildman–Crippen MR) is 114 cm³/mol. The van der Waals surface area contributed by atoms with E-state index in [-0.39, 0.29) is 6.10 Å². The van der Waals surface area contributed by atoms with Gasteiger partial charge in [-0.15, -0.1) is 0 Å². The van der Waals surface area contributed by atoms with E-state index in [1.54, 1.807) is 6.20 Å². The van der Waals surface area contributed by atoms with Gasteiger partial charge in [-0.1, -0.05) is 30.3 Å². The zero-order chi connectivity index (χ0) is 19.6. The average molecular weight is 497 g/mol. The molecule has 0 unspecified atom stereocenters. The number of hydrogen-bond donors (Lipinski definition) is 1. The van der Waals surface area contributed by atoms with Crippen molar-refractivity contribution in [2.24, 2.45) is 0 Å². The summed E-state index contributed by atoms with van der Waals surface area (Å²) in [5, 5.41) is 8.07. The Labute approximate surface area is 177 Å². The number of aromatic nitrogens is 3. The normalized spacial score (nSPS) is 12.4. The molecule has 0 spiro atoms. The molecule has 3 aromatic rings. The molecule has 1 atom stereocenters. The predicted octanol–water partition coefficient (Wildman–Crippen LogP) is 3.58. The molecule has 1 aromatic carbocycles. The summed E-state index contributed by atoms with van der Waals surface area (Å²) in [6.45, 7) is 5.14. The molecule has 1 N–H and O–H groups in total. The zero-order valence-electron chi connectivity index (χ0n) is 15.8. The van der Waals surface area contributed by atoms with Crippen molar-refractivity contribution in [1.29, 1.82) is 0 Å². The SMILES string of the molecule is C[C@@H](COc1cc2c(I)[nH]nc2cn1)OCCOCCOCc1ccccc1. The van der Waals surface area contributed by atoms with E-state index >= 15 is 0 Å². The number of ether oxygens (including phenoxy) is 4. The number of fused-ring (bicyclic) bond motifs is 1. The summed E-state index contributed by atoms with van der Waals surface area (Å²) >= 11 is 2.20. The Bertz CT molecular complexity index is 844. The molecule has 0 aliphatic heterocycles. The molecule has 2 heterocycles. The van der Waals surface area contributed by atoms with Gasteiger partial charge in [0.25, 0.3) is 0 Å². The molecule has 8 heteroatoms. The van der Waals surface area contributed by atoms with Gasteiger partial charge < -0.3 is 18.9 Å². The van der Waals surface area contributed by atoms with Crippen LogP contribution in [0.5, 0.6) is 5.88 Å². The van der Waals surface area contributed by atoms with Gasteiger partial charge in [0.05, 0.1) is 45.3 Å². The van der Waals surface area contributed by atoms with Crippen molar-refractivity contribution in [3.63, 3.8) is 0 Å². The number of H-pyrrole nitrogens is 1. The Morgan fingerprint density at radius 3 is 2.71 bits per heavy atom. The maximum Gasteiger partial charge on any atom is 0.214 e. The topological polar surface area (TPSA) is 78.5 Å². The van der Waals surface area contributed by atoms with Gasteiger partial charge in [0, 0.05) is 11.5 Å². The van der Waals surface area contributed by atoms with Crippen LogP contribution in [-0.2, 0) is 20.8 Å². The number of hydrogen-bond acceptors (Lipinski definition) is 6. The molecule has 0 saturated carbocycles. The highest BCUT2D eigenvalue weighted by molar-refractivity contribution is 14.1. The first kappa shape index (κ1) is 21.0. The minimum absolute atomic E-state index is 0.0566. The van der Waals surface area contributed by atoms with Gasteiger partial charge in [-0.05, 0) is 35.1 Å².